The largest absolute Gasteiger partial charge is 0.393 e. The van der Waals surface area contributed by atoms with Gasteiger partial charge in [-0.15, -0.1) is 0 Å². The van der Waals surface area contributed by atoms with E-state index < -0.39 is 0 Å². The van der Waals surface area contributed by atoms with E-state index in [2.05, 4.69) is 37.9 Å². The summed E-state index contributed by atoms with van der Waals surface area (Å²) in [7, 11) is 0. The van der Waals surface area contributed by atoms with Gasteiger partial charge in [0.25, 0.3) is 0 Å². The van der Waals surface area contributed by atoms with Gasteiger partial charge in [-0.25, -0.2) is 0 Å². The predicted octanol–water partition coefficient (Wildman–Crippen LogP) is 2.74. The maximum Gasteiger partial charge on any atom is 0.0552 e. The van der Waals surface area contributed by atoms with E-state index in [1.165, 1.54) is 19.4 Å². The van der Waals surface area contributed by atoms with E-state index in [-0.39, 0.29) is 6.10 Å². The van der Waals surface area contributed by atoms with Crippen LogP contribution in [0, 0.1) is 17.3 Å². The molecule has 120 valence electrons. The van der Waals surface area contributed by atoms with Crippen LogP contribution < -0.4 is 5.32 Å². The van der Waals surface area contributed by atoms with Crippen LogP contribution in [-0.4, -0.2) is 48.8 Å². The van der Waals surface area contributed by atoms with Gasteiger partial charge in [0.1, 0.15) is 0 Å². The lowest BCUT2D eigenvalue weighted by Crippen LogP contribution is -2.44. The Morgan fingerprint density at radius 3 is 2.35 bits per heavy atom. The van der Waals surface area contributed by atoms with Crippen LogP contribution in [0.5, 0.6) is 0 Å². The molecule has 2 atom stereocenters. The molecule has 0 aromatic heterocycles. The van der Waals surface area contributed by atoms with Crippen molar-refractivity contribution in [1.29, 1.82) is 0 Å². The third-order valence-corrected chi connectivity index (χ3v) is 5.10. The fraction of sp³-hybridized carbons (Fsp3) is 1.00. The van der Waals surface area contributed by atoms with Crippen LogP contribution in [0.2, 0.25) is 0 Å². The molecule has 0 amide bonds. The van der Waals surface area contributed by atoms with Gasteiger partial charge in [-0.1, -0.05) is 27.7 Å². The summed E-state index contributed by atoms with van der Waals surface area (Å²) in [4.78, 5) is 2.57. The lowest BCUT2D eigenvalue weighted by molar-refractivity contribution is 0.112. The summed E-state index contributed by atoms with van der Waals surface area (Å²) < 4.78 is 0. The highest BCUT2D eigenvalue weighted by Crippen LogP contribution is 2.30. The molecule has 1 aliphatic rings. The van der Waals surface area contributed by atoms with Gasteiger partial charge < -0.3 is 15.3 Å². The van der Waals surface area contributed by atoms with E-state index in [0.29, 0.717) is 17.3 Å². The Bertz CT molecular complexity index is 262. The number of aliphatic hydroxyl groups is 1. The maximum absolute atomic E-state index is 9.75. The molecule has 0 aliphatic carbocycles. The third-order valence-electron chi connectivity index (χ3n) is 5.10. The van der Waals surface area contributed by atoms with E-state index in [4.69, 9.17) is 0 Å². The minimum Gasteiger partial charge on any atom is -0.393 e. The number of nitrogens with one attached hydrogen (secondary N) is 1. The van der Waals surface area contributed by atoms with Crippen LogP contribution in [0.3, 0.4) is 0 Å². The summed E-state index contributed by atoms with van der Waals surface area (Å²) >= 11 is 0. The molecule has 1 heterocycles. The van der Waals surface area contributed by atoms with Gasteiger partial charge in [0.2, 0.25) is 0 Å². The fourth-order valence-electron chi connectivity index (χ4n) is 3.28. The molecular weight excluding hydrogens is 248 g/mol. The van der Waals surface area contributed by atoms with Gasteiger partial charge in [-0.3, -0.25) is 0 Å². The first-order chi connectivity index (χ1) is 9.42. The first-order valence-corrected chi connectivity index (χ1v) is 8.53. The van der Waals surface area contributed by atoms with Crippen molar-refractivity contribution in [1.82, 2.24) is 10.2 Å². The molecule has 0 saturated carbocycles. The average Bonchev–Trinajstić information content (AvgIpc) is 2.85. The molecule has 2 N–H and O–H groups in total. The Morgan fingerprint density at radius 2 is 1.90 bits per heavy atom. The van der Waals surface area contributed by atoms with Crippen molar-refractivity contribution in [3.63, 3.8) is 0 Å². The van der Waals surface area contributed by atoms with Crippen molar-refractivity contribution >= 4 is 0 Å². The number of aliphatic hydroxyl groups excluding tert-OH is 1. The minimum absolute atomic E-state index is 0.156. The topological polar surface area (TPSA) is 35.5 Å². The number of likely N-dealkylation sites (tertiary alicyclic amines) is 1. The molecular formula is C17H36N2O. The zero-order valence-electron chi connectivity index (χ0n) is 14.3. The average molecular weight is 284 g/mol. The van der Waals surface area contributed by atoms with Crippen LogP contribution in [0.1, 0.15) is 53.9 Å². The Balaban J connectivity index is 2.49. The quantitative estimate of drug-likeness (QED) is 0.683. The van der Waals surface area contributed by atoms with E-state index in [1.807, 2.05) is 6.92 Å². The van der Waals surface area contributed by atoms with Crippen molar-refractivity contribution < 1.29 is 5.11 Å². The monoisotopic (exact) mass is 284 g/mol. The van der Waals surface area contributed by atoms with Crippen molar-refractivity contribution in [2.75, 3.05) is 32.7 Å². The van der Waals surface area contributed by atoms with E-state index in [9.17, 15) is 5.11 Å². The van der Waals surface area contributed by atoms with Gasteiger partial charge in [0, 0.05) is 19.6 Å². The second-order valence-corrected chi connectivity index (χ2v) is 7.26. The summed E-state index contributed by atoms with van der Waals surface area (Å²) in [6.07, 6.45) is 3.45. The predicted molar refractivity (Wildman–Crippen MR) is 87.0 cm³/mol. The summed E-state index contributed by atoms with van der Waals surface area (Å²) in [6.45, 7) is 16.7. The highest BCUT2D eigenvalue weighted by Gasteiger charge is 2.33. The highest BCUT2D eigenvalue weighted by atomic mass is 16.3. The van der Waals surface area contributed by atoms with E-state index in [1.54, 1.807) is 0 Å². The first kappa shape index (κ1) is 17.9. The van der Waals surface area contributed by atoms with Gasteiger partial charge in [0.15, 0.2) is 0 Å². The van der Waals surface area contributed by atoms with Crippen molar-refractivity contribution in [3.05, 3.63) is 0 Å². The molecule has 0 spiro atoms. The molecule has 2 unspecified atom stereocenters. The zero-order valence-corrected chi connectivity index (χ0v) is 14.3. The van der Waals surface area contributed by atoms with Gasteiger partial charge in [0.05, 0.1) is 6.10 Å². The Labute approximate surface area is 126 Å². The molecule has 3 nitrogen and oxygen atoms in total. The minimum atomic E-state index is -0.156. The Hall–Kier alpha value is -0.120. The zero-order chi connectivity index (χ0) is 15.2. The second kappa shape index (κ2) is 8.35. The van der Waals surface area contributed by atoms with Crippen molar-refractivity contribution in [2.24, 2.45) is 17.3 Å². The fourth-order valence-corrected chi connectivity index (χ4v) is 3.28. The number of hydrogen-bond donors (Lipinski definition) is 2. The van der Waals surface area contributed by atoms with Crippen LogP contribution in [0.25, 0.3) is 0 Å². The van der Waals surface area contributed by atoms with Gasteiger partial charge in [-0.2, -0.15) is 0 Å². The van der Waals surface area contributed by atoms with Gasteiger partial charge >= 0.3 is 0 Å². The molecule has 1 fully saturated rings. The summed E-state index contributed by atoms with van der Waals surface area (Å²) in [5, 5.41) is 13.4. The molecule has 1 aliphatic heterocycles. The second-order valence-electron chi connectivity index (χ2n) is 7.26. The highest BCUT2D eigenvalue weighted by molar-refractivity contribution is 4.87. The normalized spacial score (nSPS) is 22.6. The van der Waals surface area contributed by atoms with Crippen LogP contribution in [-0.2, 0) is 0 Å². The molecule has 1 saturated heterocycles. The Kier molecular flexibility index (Phi) is 7.49. The van der Waals surface area contributed by atoms with Crippen LogP contribution in [0.15, 0.2) is 0 Å². The summed E-state index contributed by atoms with van der Waals surface area (Å²) in [5.41, 5.74) is 0.391. The summed E-state index contributed by atoms with van der Waals surface area (Å²) in [5.74, 6) is 1.19. The molecule has 0 aromatic rings. The lowest BCUT2D eigenvalue weighted by atomic mass is 9.81. The first-order valence-electron chi connectivity index (χ1n) is 8.53. The van der Waals surface area contributed by atoms with Crippen molar-refractivity contribution in [2.45, 2.75) is 60.0 Å². The molecule has 0 bridgehead atoms. The number of rotatable bonds is 9. The SMILES string of the molecule is CCC(CC)(CNCC(C)C)CN1CCC(C(C)O)C1. The van der Waals surface area contributed by atoms with E-state index >= 15 is 0 Å². The molecule has 0 radical (unpaired) electrons. The molecule has 1 rings (SSSR count). The Morgan fingerprint density at radius 1 is 1.25 bits per heavy atom. The van der Waals surface area contributed by atoms with E-state index in [0.717, 1.165) is 32.6 Å². The third kappa shape index (κ3) is 5.34. The molecule has 20 heavy (non-hydrogen) atoms. The van der Waals surface area contributed by atoms with Crippen LogP contribution >= 0.6 is 0 Å². The molecule has 0 aromatic carbocycles. The number of nitrogens with zero attached hydrogens (tertiary/aromatic N) is 1. The summed E-state index contributed by atoms with van der Waals surface area (Å²) in [6, 6.07) is 0. The number of hydrogen-bond acceptors (Lipinski definition) is 3. The smallest absolute Gasteiger partial charge is 0.0552 e. The van der Waals surface area contributed by atoms with Crippen LogP contribution in [0.4, 0.5) is 0 Å². The standard InChI is InChI=1S/C17H36N2O/c1-6-17(7-2,12-18-10-14(3)4)13-19-9-8-16(11-19)15(5)20/h14-16,18,20H,6-13H2,1-5H3. The van der Waals surface area contributed by atoms with Gasteiger partial charge in [-0.05, 0) is 56.5 Å². The lowest BCUT2D eigenvalue weighted by Gasteiger charge is -2.36. The molecule has 3 heteroatoms. The maximum atomic E-state index is 9.75. The van der Waals surface area contributed by atoms with Crippen molar-refractivity contribution in [3.8, 4) is 0 Å².